The molecule has 0 fully saturated rings. The van der Waals surface area contributed by atoms with Crippen molar-refractivity contribution in [3.8, 4) is 11.5 Å². The van der Waals surface area contributed by atoms with Gasteiger partial charge >= 0.3 is 0 Å². The lowest BCUT2D eigenvalue weighted by molar-refractivity contribution is 0.410. The molecule has 0 aliphatic heterocycles. The number of ether oxygens (including phenoxy) is 2. The van der Waals surface area contributed by atoms with Crippen molar-refractivity contribution in [2.75, 3.05) is 14.2 Å². The van der Waals surface area contributed by atoms with E-state index in [2.05, 4.69) is 24.3 Å². The first-order chi connectivity index (χ1) is 8.72. The zero-order chi connectivity index (χ0) is 13.0. The summed E-state index contributed by atoms with van der Waals surface area (Å²) in [6.45, 7) is 2.04. The van der Waals surface area contributed by atoms with Gasteiger partial charge in [0.2, 0.25) is 0 Å². The van der Waals surface area contributed by atoms with Gasteiger partial charge in [0.15, 0.2) is 0 Å². The fourth-order valence-corrected chi connectivity index (χ4v) is 2.56. The maximum Gasteiger partial charge on any atom is 0.122 e. The third-order valence-electron chi connectivity index (χ3n) is 2.66. The van der Waals surface area contributed by atoms with Crippen LogP contribution in [0.3, 0.4) is 0 Å². The molecule has 0 aromatic heterocycles. The topological polar surface area (TPSA) is 18.5 Å². The van der Waals surface area contributed by atoms with Gasteiger partial charge in [0.25, 0.3) is 0 Å². The normalized spacial score (nSPS) is 10.2. The van der Waals surface area contributed by atoms with Crippen molar-refractivity contribution in [1.29, 1.82) is 0 Å². The van der Waals surface area contributed by atoms with Gasteiger partial charge in [-0.2, -0.15) is 0 Å². The first kappa shape index (κ1) is 12.8. The van der Waals surface area contributed by atoms with Gasteiger partial charge in [0, 0.05) is 9.79 Å². The molecule has 0 aliphatic rings. The lowest BCUT2D eigenvalue weighted by atomic mass is 10.2. The van der Waals surface area contributed by atoms with Crippen molar-refractivity contribution < 1.29 is 9.47 Å². The van der Waals surface area contributed by atoms with Crippen LogP contribution in [0.25, 0.3) is 0 Å². The average Bonchev–Trinajstić information content (AvgIpc) is 2.41. The summed E-state index contributed by atoms with van der Waals surface area (Å²) >= 11 is 1.70. The third kappa shape index (κ3) is 2.99. The highest BCUT2D eigenvalue weighted by Crippen LogP contribution is 2.33. The summed E-state index contributed by atoms with van der Waals surface area (Å²) in [6.07, 6.45) is 0. The van der Waals surface area contributed by atoms with E-state index in [9.17, 15) is 0 Å². The number of hydrogen-bond acceptors (Lipinski definition) is 3. The number of hydrogen-bond donors (Lipinski definition) is 0. The molecule has 0 spiro atoms. The molecule has 94 valence electrons. The minimum absolute atomic E-state index is 0.874. The van der Waals surface area contributed by atoms with Crippen molar-refractivity contribution in [3.63, 3.8) is 0 Å². The molecule has 2 aromatic carbocycles. The molecule has 0 saturated heterocycles. The summed E-state index contributed by atoms with van der Waals surface area (Å²) in [5.41, 5.74) is 1.15. The Labute approximate surface area is 112 Å². The van der Waals surface area contributed by atoms with Gasteiger partial charge in [0.05, 0.1) is 14.2 Å². The molecule has 2 rings (SSSR count). The Morgan fingerprint density at radius 2 is 1.67 bits per heavy atom. The standard InChI is InChI=1S/C15H16O2S/c1-11-7-8-14(10-15(11)17-3)18-13-6-4-5-12(9-13)16-2/h4-10H,1-3H3. The van der Waals surface area contributed by atoms with Crippen LogP contribution in [0.5, 0.6) is 11.5 Å². The van der Waals surface area contributed by atoms with E-state index in [0.717, 1.165) is 26.9 Å². The molecule has 0 saturated carbocycles. The smallest absolute Gasteiger partial charge is 0.122 e. The van der Waals surface area contributed by atoms with Crippen molar-refractivity contribution in [3.05, 3.63) is 48.0 Å². The quantitative estimate of drug-likeness (QED) is 0.822. The molecule has 3 heteroatoms. The number of rotatable bonds is 4. The van der Waals surface area contributed by atoms with Crippen LogP contribution in [-0.2, 0) is 0 Å². The van der Waals surface area contributed by atoms with Crippen LogP contribution in [0.15, 0.2) is 52.3 Å². The molecule has 2 nitrogen and oxygen atoms in total. The van der Waals surface area contributed by atoms with Gasteiger partial charge in [-0.25, -0.2) is 0 Å². The summed E-state index contributed by atoms with van der Waals surface area (Å²) < 4.78 is 10.5. The molecule has 0 amide bonds. The summed E-state index contributed by atoms with van der Waals surface area (Å²) in [5.74, 6) is 1.79. The van der Waals surface area contributed by atoms with E-state index in [1.54, 1.807) is 26.0 Å². The van der Waals surface area contributed by atoms with E-state index < -0.39 is 0 Å². The van der Waals surface area contributed by atoms with E-state index >= 15 is 0 Å². The van der Waals surface area contributed by atoms with Gasteiger partial charge in [-0.15, -0.1) is 0 Å². The van der Waals surface area contributed by atoms with Crippen LogP contribution in [0.1, 0.15) is 5.56 Å². The van der Waals surface area contributed by atoms with Gasteiger partial charge in [0.1, 0.15) is 11.5 Å². The first-order valence-corrected chi connectivity index (χ1v) is 6.51. The number of methoxy groups -OCH3 is 2. The molecule has 0 unspecified atom stereocenters. The van der Waals surface area contributed by atoms with Crippen molar-refractivity contribution in [1.82, 2.24) is 0 Å². The summed E-state index contributed by atoms with van der Waals surface area (Å²) in [5, 5.41) is 0. The molecule has 0 atom stereocenters. The Morgan fingerprint density at radius 1 is 0.889 bits per heavy atom. The molecular weight excluding hydrogens is 244 g/mol. The highest BCUT2D eigenvalue weighted by atomic mass is 32.2. The maximum atomic E-state index is 5.33. The fraction of sp³-hybridized carbons (Fsp3) is 0.200. The lowest BCUT2D eigenvalue weighted by Crippen LogP contribution is -1.87. The molecule has 0 bridgehead atoms. The van der Waals surface area contributed by atoms with Crippen molar-refractivity contribution >= 4 is 11.8 Å². The monoisotopic (exact) mass is 260 g/mol. The molecule has 0 heterocycles. The predicted octanol–water partition coefficient (Wildman–Crippen LogP) is 4.16. The summed E-state index contributed by atoms with van der Waals surface area (Å²) in [6, 6.07) is 14.3. The zero-order valence-corrected chi connectivity index (χ0v) is 11.6. The van der Waals surface area contributed by atoms with Crippen molar-refractivity contribution in [2.24, 2.45) is 0 Å². The van der Waals surface area contributed by atoms with Crippen LogP contribution in [0.4, 0.5) is 0 Å². The Hall–Kier alpha value is -1.61. The number of aryl methyl sites for hydroxylation is 1. The van der Waals surface area contributed by atoms with Crippen LogP contribution in [-0.4, -0.2) is 14.2 Å². The Kier molecular flexibility index (Phi) is 4.15. The Morgan fingerprint density at radius 3 is 2.39 bits per heavy atom. The van der Waals surface area contributed by atoms with Crippen LogP contribution in [0.2, 0.25) is 0 Å². The Bertz CT molecular complexity index is 538. The fourth-order valence-electron chi connectivity index (χ4n) is 1.66. The van der Waals surface area contributed by atoms with Gasteiger partial charge in [-0.1, -0.05) is 23.9 Å². The zero-order valence-electron chi connectivity index (χ0n) is 10.8. The largest absolute Gasteiger partial charge is 0.497 e. The second-order valence-electron chi connectivity index (χ2n) is 3.91. The minimum atomic E-state index is 0.874. The maximum absolute atomic E-state index is 5.33. The second kappa shape index (κ2) is 5.83. The average molecular weight is 260 g/mol. The first-order valence-electron chi connectivity index (χ1n) is 5.69. The van der Waals surface area contributed by atoms with Crippen LogP contribution in [0, 0.1) is 6.92 Å². The molecular formula is C15H16O2S. The molecule has 2 aromatic rings. The van der Waals surface area contributed by atoms with Crippen LogP contribution < -0.4 is 9.47 Å². The molecule has 0 aliphatic carbocycles. The summed E-state index contributed by atoms with van der Waals surface area (Å²) in [7, 11) is 3.38. The Balaban J connectivity index is 2.22. The van der Waals surface area contributed by atoms with Gasteiger partial charge in [-0.3, -0.25) is 0 Å². The lowest BCUT2D eigenvalue weighted by Gasteiger charge is -2.08. The van der Waals surface area contributed by atoms with E-state index in [1.807, 2.05) is 25.1 Å². The summed E-state index contributed by atoms with van der Waals surface area (Å²) in [4.78, 5) is 2.31. The predicted molar refractivity (Wildman–Crippen MR) is 74.8 cm³/mol. The molecule has 0 N–H and O–H groups in total. The molecule has 0 radical (unpaired) electrons. The van der Waals surface area contributed by atoms with E-state index in [0.29, 0.717) is 0 Å². The van der Waals surface area contributed by atoms with E-state index in [1.165, 1.54) is 0 Å². The van der Waals surface area contributed by atoms with E-state index in [-0.39, 0.29) is 0 Å². The number of benzene rings is 2. The highest BCUT2D eigenvalue weighted by Gasteiger charge is 2.03. The minimum Gasteiger partial charge on any atom is -0.497 e. The van der Waals surface area contributed by atoms with Crippen LogP contribution >= 0.6 is 11.8 Å². The molecule has 18 heavy (non-hydrogen) atoms. The van der Waals surface area contributed by atoms with Gasteiger partial charge < -0.3 is 9.47 Å². The third-order valence-corrected chi connectivity index (χ3v) is 3.64. The second-order valence-corrected chi connectivity index (χ2v) is 5.06. The SMILES string of the molecule is COc1cccc(Sc2ccc(C)c(OC)c2)c1. The van der Waals surface area contributed by atoms with E-state index in [4.69, 9.17) is 9.47 Å². The highest BCUT2D eigenvalue weighted by molar-refractivity contribution is 7.99. The van der Waals surface area contributed by atoms with Gasteiger partial charge in [-0.05, 0) is 42.8 Å². The van der Waals surface area contributed by atoms with Crippen molar-refractivity contribution in [2.45, 2.75) is 16.7 Å².